The molecule has 0 heterocycles. The van der Waals surface area contributed by atoms with Gasteiger partial charge >= 0.3 is 0 Å². The van der Waals surface area contributed by atoms with Crippen LogP contribution in [-0.2, 0) is 16.3 Å². The molecule has 0 aromatic heterocycles. The molecule has 0 amide bonds. The topological polar surface area (TPSA) is 43.0 Å². The second-order valence-corrected chi connectivity index (χ2v) is 4.66. The minimum absolute atomic E-state index is 0.0397. The van der Waals surface area contributed by atoms with Gasteiger partial charge in [-0.3, -0.25) is 0 Å². The lowest BCUT2D eigenvalue weighted by molar-refractivity contribution is 0.186. The van der Waals surface area contributed by atoms with Crippen LogP contribution in [0.3, 0.4) is 0 Å². The Hall–Kier alpha value is 0.270. The van der Waals surface area contributed by atoms with Gasteiger partial charge in [-0.15, -0.1) is 0 Å². The van der Waals surface area contributed by atoms with Crippen molar-refractivity contribution in [3.8, 4) is 0 Å². The Morgan fingerprint density at radius 1 is 1.08 bits per heavy atom. The van der Waals surface area contributed by atoms with Crippen LogP contribution in [0.1, 0.15) is 39.0 Å². The minimum Gasteiger partial charge on any atom is -0.616 e. The number of hydrogen-bond acceptors (Lipinski definition) is 1. The first kappa shape index (κ1) is 12.3. The van der Waals surface area contributed by atoms with Crippen LogP contribution in [0.4, 0.5) is 0 Å². The van der Waals surface area contributed by atoms with Gasteiger partial charge in [0.15, 0.2) is 0 Å². The van der Waals surface area contributed by atoms with E-state index in [-0.39, 0.29) is 6.61 Å². The molecule has 0 N–H and O–H groups in total. The maximum atomic E-state index is 11.1. The van der Waals surface area contributed by atoms with Gasteiger partial charge in [0.1, 0.15) is 11.5 Å². The smallest absolute Gasteiger partial charge is 0.105 e. The predicted molar refractivity (Wildman–Crippen MR) is 52.2 cm³/mol. The number of unbranched alkanes of at least 4 members (excludes halogenated alkanes) is 3. The van der Waals surface area contributed by atoms with Gasteiger partial charge in [-0.05, 0) is 25.7 Å². The molecule has 0 aliphatic rings. The second kappa shape index (κ2) is 9.36. The Kier molecular flexibility index (Phi) is 9.57. The molecule has 0 fully saturated rings. The SMILES string of the molecule is CCC[S+]([O-])CCCCCC[O]. The molecular weight excluding hydrogens is 172 g/mol. The lowest BCUT2D eigenvalue weighted by Gasteiger charge is -2.08. The zero-order valence-electron chi connectivity index (χ0n) is 7.88. The summed E-state index contributed by atoms with van der Waals surface area (Å²) in [4.78, 5) is 0. The summed E-state index contributed by atoms with van der Waals surface area (Å²) < 4.78 is 11.1. The van der Waals surface area contributed by atoms with E-state index in [0.717, 1.165) is 43.6 Å². The van der Waals surface area contributed by atoms with Crippen LogP contribution in [0.2, 0.25) is 0 Å². The van der Waals surface area contributed by atoms with Crippen LogP contribution in [0.15, 0.2) is 0 Å². The summed E-state index contributed by atoms with van der Waals surface area (Å²) in [5, 5.41) is 10.1. The molecule has 73 valence electrons. The minimum atomic E-state index is -0.604. The van der Waals surface area contributed by atoms with Crippen LogP contribution in [0.25, 0.3) is 0 Å². The van der Waals surface area contributed by atoms with Crippen molar-refractivity contribution < 1.29 is 9.66 Å². The Balaban J connectivity index is 2.97. The average molecular weight is 191 g/mol. The van der Waals surface area contributed by atoms with Crippen molar-refractivity contribution >= 4 is 11.2 Å². The van der Waals surface area contributed by atoms with E-state index in [9.17, 15) is 9.66 Å². The van der Waals surface area contributed by atoms with E-state index in [2.05, 4.69) is 6.92 Å². The average Bonchev–Trinajstić information content (AvgIpc) is 2.05. The molecule has 12 heavy (non-hydrogen) atoms. The largest absolute Gasteiger partial charge is 0.616 e. The first-order valence-corrected chi connectivity index (χ1v) is 6.23. The van der Waals surface area contributed by atoms with E-state index in [4.69, 9.17) is 0 Å². The third-order valence-electron chi connectivity index (χ3n) is 1.70. The molecule has 0 spiro atoms. The Bertz CT molecular complexity index is 88.6. The molecule has 0 saturated carbocycles. The maximum Gasteiger partial charge on any atom is 0.105 e. The molecule has 2 nitrogen and oxygen atoms in total. The van der Waals surface area contributed by atoms with E-state index in [1.54, 1.807) is 0 Å². The third-order valence-corrected chi connectivity index (χ3v) is 3.31. The molecule has 3 heteroatoms. The molecule has 1 radical (unpaired) electrons. The van der Waals surface area contributed by atoms with Crippen molar-refractivity contribution in [2.24, 2.45) is 0 Å². The molecule has 1 unspecified atom stereocenters. The van der Waals surface area contributed by atoms with Gasteiger partial charge in [0.05, 0.1) is 6.61 Å². The van der Waals surface area contributed by atoms with E-state index in [1.165, 1.54) is 0 Å². The maximum absolute atomic E-state index is 11.1. The monoisotopic (exact) mass is 191 g/mol. The Labute approximate surface area is 78.5 Å². The molecule has 0 aliphatic carbocycles. The predicted octanol–water partition coefficient (Wildman–Crippen LogP) is 2.14. The molecule has 0 saturated heterocycles. The van der Waals surface area contributed by atoms with Crippen LogP contribution in [0, 0.1) is 0 Å². The standard InChI is InChI=1S/C9H19O2S/c1-2-8-12(11)9-6-4-3-5-7-10/h2-9H2,1H3. The second-order valence-electron chi connectivity index (χ2n) is 2.97. The van der Waals surface area contributed by atoms with Crippen LogP contribution in [-0.4, -0.2) is 22.7 Å². The molecule has 0 bridgehead atoms. The first-order valence-electron chi connectivity index (χ1n) is 4.74. The van der Waals surface area contributed by atoms with E-state index in [1.807, 2.05) is 0 Å². The van der Waals surface area contributed by atoms with Crippen LogP contribution >= 0.6 is 0 Å². The summed E-state index contributed by atoms with van der Waals surface area (Å²) in [5.74, 6) is 1.66. The quantitative estimate of drug-likeness (QED) is 0.428. The van der Waals surface area contributed by atoms with Crippen molar-refractivity contribution in [1.29, 1.82) is 0 Å². The summed E-state index contributed by atoms with van der Waals surface area (Å²) >= 11 is -0.604. The van der Waals surface area contributed by atoms with Crippen molar-refractivity contribution in [1.82, 2.24) is 0 Å². The van der Waals surface area contributed by atoms with Crippen molar-refractivity contribution in [2.45, 2.75) is 39.0 Å². The molecular formula is C9H19O2S. The number of rotatable bonds is 8. The normalized spacial score (nSPS) is 13.2. The van der Waals surface area contributed by atoms with Crippen molar-refractivity contribution in [3.05, 3.63) is 0 Å². The van der Waals surface area contributed by atoms with Crippen LogP contribution < -0.4 is 0 Å². The summed E-state index contributed by atoms with van der Waals surface area (Å²) in [5.41, 5.74) is 0. The fourth-order valence-electron chi connectivity index (χ4n) is 1.05. The number of hydrogen-bond donors (Lipinski definition) is 0. The third kappa shape index (κ3) is 8.37. The van der Waals surface area contributed by atoms with E-state index in [0.29, 0.717) is 0 Å². The van der Waals surface area contributed by atoms with Gasteiger partial charge in [-0.2, -0.15) is 0 Å². The van der Waals surface area contributed by atoms with Gasteiger partial charge in [0, 0.05) is 0 Å². The van der Waals surface area contributed by atoms with E-state index < -0.39 is 11.2 Å². The first-order chi connectivity index (χ1) is 5.81. The van der Waals surface area contributed by atoms with E-state index >= 15 is 0 Å². The van der Waals surface area contributed by atoms with Gasteiger partial charge in [-0.1, -0.05) is 24.5 Å². The zero-order valence-corrected chi connectivity index (χ0v) is 8.70. The summed E-state index contributed by atoms with van der Waals surface area (Å²) in [6, 6.07) is 0. The fraction of sp³-hybridized carbons (Fsp3) is 1.00. The highest BCUT2D eigenvalue weighted by Gasteiger charge is 2.02. The zero-order chi connectivity index (χ0) is 9.23. The molecule has 1 atom stereocenters. The lowest BCUT2D eigenvalue weighted by atomic mass is 10.2. The van der Waals surface area contributed by atoms with Gasteiger partial charge < -0.3 is 4.55 Å². The Morgan fingerprint density at radius 3 is 2.33 bits per heavy atom. The van der Waals surface area contributed by atoms with Crippen LogP contribution in [0.5, 0.6) is 0 Å². The summed E-state index contributed by atoms with van der Waals surface area (Å²) in [7, 11) is 0. The highest BCUT2D eigenvalue weighted by Crippen LogP contribution is 2.03. The fourth-order valence-corrected chi connectivity index (χ4v) is 2.23. The highest BCUT2D eigenvalue weighted by molar-refractivity contribution is 7.91. The summed E-state index contributed by atoms with van der Waals surface area (Å²) in [6.07, 6.45) is 4.88. The van der Waals surface area contributed by atoms with Gasteiger partial charge in [0.2, 0.25) is 0 Å². The summed E-state index contributed by atoms with van der Waals surface area (Å²) in [6.45, 7) is 2.09. The van der Waals surface area contributed by atoms with Gasteiger partial charge in [0.25, 0.3) is 0 Å². The Morgan fingerprint density at radius 2 is 1.75 bits per heavy atom. The lowest BCUT2D eigenvalue weighted by Crippen LogP contribution is -2.10. The van der Waals surface area contributed by atoms with Crippen molar-refractivity contribution in [3.63, 3.8) is 0 Å². The van der Waals surface area contributed by atoms with Gasteiger partial charge in [-0.25, -0.2) is 5.11 Å². The van der Waals surface area contributed by atoms with Crippen molar-refractivity contribution in [2.75, 3.05) is 18.1 Å². The molecule has 0 aromatic rings. The highest BCUT2D eigenvalue weighted by atomic mass is 32.2. The molecule has 0 rings (SSSR count). The molecule has 0 aliphatic heterocycles. The molecule has 0 aromatic carbocycles.